The fourth-order valence-corrected chi connectivity index (χ4v) is 2.08. The third-order valence-electron chi connectivity index (χ3n) is 3.72. The topological polar surface area (TPSA) is 57.6 Å². The van der Waals surface area contributed by atoms with Crippen LogP contribution in [-0.4, -0.2) is 27.9 Å². The molecule has 21 heavy (non-hydrogen) atoms. The lowest BCUT2D eigenvalue weighted by Crippen LogP contribution is -2.34. The Morgan fingerprint density at radius 1 is 1.19 bits per heavy atom. The van der Waals surface area contributed by atoms with E-state index in [0.717, 1.165) is 18.4 Å². The normalized spacial score (nSPS) is 15.4. The van der Waals surface area contributed by atoms with Gasteiger partial charge in [0.05, 0.1) is 0 Å². The highest BCUT2D eigenvalue weighted by Gasteiger charge is 2.33. The molecule has 1 aliphatic carbocycles. The van der Waals surface area contributed by atoms with E-state index >= 15 is 0 Å². The van der Waals surface area contributed by atoms with Crippen LogP contribution in [0.2, 0.25) is 0 Å². The highest BCUT2D eigenvalue weighted by molar-refractivity contribution is 6.01. The van der Waals surface area contributed by atoms with Crippen molar-refractivity contribution in [2.75, 3.05) is 0 Å². The molecule has 0 aliphatic heterocycles. The number of amides is 1. The smallest absolute Gasteiger partial charge is 0.331 e. The maximum atomic E-state index is 12.9. The standard InChI is InChI=1S/C16H18FNO3/c1-10(11(2)16(20)21)15(19)18(14-7-8-14)9-12-3-5-13(17)6-4-12/h3-6,14H,7-9H2,1-2H3,(H,20,21). The summed E-state index contributed by atoms with van der Waals surface area (Å²) in [7, 11) is 0. The summed E-state index contributed by atoms with van der Waals surface area (Å²) in [5, 5.41) is 8.99. The number of hydrogen-bond acceptors (Lipinski definition) is 2. The van der Waals surface area contributed by atoms with Crippen molar-refractivity contribution in [3.05, 3.63) is 46.8 Å². The molecular weight excluding hydrogens is 273 g/mol. The zero-order valence-corrected chi connectivity index (χ0v) is 12.1. The number of carboxylic acid groups (broad SMARTS) is 1. The second-order valence-electron chi connectivity index (χ2n) is 5.35. The molecular formula is C16H18FNO3. The molecule has 2 rings (SSSR count). The highest BCUT2D eigenvalue weighted by Crippen LogP contribution is 2.30. The van der Waals surface area contributed by atoms with Crippen LogP contribution in [-0.2, 0) is 16.1 Å². The summed E-state index contributed by atoms with van der Waals surface area (Å²) in [5.74, 6) is -1.67. The molecule has 1 amide bonds. The first-order chi connectivity index (χ1) is 9.90. The molecule has 0 saturated heterocycles. The van der Waals surface area contributed by atoms with Crippen LogP contribution in [0.25, 0.3) is 0 Å². The third kappa shape index (κ3) is 3.68. The van der Waals surface area contributed by atoms with Gasteiger partial charge in [0.2, 0.25) is 0 Å². The second kappa shape index (κ2) is 6.08. The maximum absolute atomic E-state index is 12.9. The zero-order chi connectivity index (χ0) is 15.6. The van der Waals surface area contributed by atoms with Crippen molar-refractivity contribution < 1.29 is 19.1 Å². The SMILES string of the molecule is CC(C(=O)O)=C(C)C(=O)N(Cc1ccc(F)cc1)C1CC1. The molecule has 5 heteroatoms. The van der Waals surface area contributed by atoms with Gasteiger partial charge in [0, 0.05) is 23.7 Å². The van der Waals surface area contributed by atoms with E-state index in [9.17, 15) is 14.0 Å². The molecule has 1 N–H and O–H groups in total. The largest absolute Gasteiger partial charge is 0.478 e. The molecule has 0 atom stereocenters. The van der Waals surface area contributed by atoms with Gasteiger partial charge in [-0.05, 0) is 44.4 Å². The first-order valence-corrected chi connectivity index (χ1v) is 6.86. The first kappa shape index (κ1) is 15.2. The molecule has 0 unspecified atom stereocenters. The molecule has 1 saturated carbocycles. The summed E-state index contributed by atoms with van der Waals surface area (Å²) >= 11 is 0. The predicted molar refractivity (Wildman–Crippen MR) is 76.0 cm³/mol. The van der Waals surface area contributed by atoms with E-state index in [1.165, 1.54) is 26.0 Å². The van der Waals surface area contributed by atoms with Crippen molar-refractivity contribution in [1.29, 1.82) is 0 Å². The van der Waals surface area contributed by atoms with Gasteiger partial charge in [-0.25, -0.2) is 9.18 Å². The lowest BCUT2D eigenvalue weighted by Gasteiger charge is -2.23. The quantitative estimate of drug-likeness (QED) is 0.849. The third-order valence-corrected chi connectivity index (χ3v) is 3.72. The molecule has 1 aliphatic rings. The lowest BCUT2D eigenvalue weighted by molar-refractivity contribution is -0.134. The summed E-state index contributed by atoms with van der Waals surface area (Å²) in [6.07, 6.45) is 1.85. The number of hydrogen-bond donors (Lipinski definition) is 1. The van der Waals surface area contributed by atoms with Crippen LogP contribution in [0.4, 0.5) is 4.39 Å². The minimum Gasteiger partial charge on any atom is -0.478 e. The number of carbonyl (C=O) groups is 2. The lowest BCUT2D eigenvalue weighted by atomic mass is 10.1. The Hall–Kier alpha value is -2.17. The molecule has 0 spiro atoms. The Morgan fingerprint density at radius 2 is 1.76 bits per heavy atom. The number of nitrogens with zero attached hydrogens (tertiary/aromatic N) is 1. The summed E-state index contributed by atoms with van der Waals surface area (Å²) < 4.78 is 12.9. The number of carboxylic acids is 1. The Kier molecular flexibility index (Phi) is 4.40. The van der Waals surface area contributed by atoms with Crippen molar-refractivity contribution in [2.24, 2.45) is 0 Å². The van der Waals surface area contributed by atoms with E-state index in [2.05, 4.69) is 0 Å². The van der Waals surface area contributed by atoms with Gasteiger partial charge in [-0.2, -0.15) is 0 Å². The first-order valence-electron chi connectivity index (χ1n) is 6.86. The number of rotatable bonds is 5. The predicted octanol–water partition coefficient (Wildman–Crippen LogP) is 2.74. The Bertz CT molecular complexity index is 588. The molecule has 1 fully saturated rings. The van der Waals surface area contributed by atoms with Crippen molar-refractivity contribution in [1.82, 2.24) is 4.90 Å². The minimum atomic E-state index is -1.08. The van der Waals surface area contributed by atoms with Crippen LogP contribution < -0.4 is 0 Å². The van der Waals surface area contributed by atoms with E-state index in [1.807, 2.05) is 0 Å². The van der Waals surface area contributed by atoms with Crippen LogP contribution in [0.1, 0.15) is 32.3 Å². The van der Waals surface area contributed by atoms with E-state index in [-0.39, 0.29) is 28.9 Å². The van der Waals surface area contributed by atoms with E-state index in [4.69, 9.17) is 5.11 Å². The van der Waals surface area contributed by atoms with Gasteiger partial charge in [-0.1, -0.05) is 12.1 Å². The van der Waals surface area contributed by atoms with Gasteiger partial charge >= 0.3 is 5.97 Å². The summed E-state index contributed by atoms with van der Waals surface area (Å²) in [6, 6.07) is 6.15. The van der Waals surface area contributed by atoms with Crippen molar-refractivity contribution >= 4 is 11.9 Å². The van der Waals surface area contributed by atoms with Gasteiger partial charge in [0.1, 0.15) is 5.82 Å². The van der Waals surface area contributed by atoms with Crippen molar-refractivity contribution in [3.63, 3.8) is 0 Å². The van der Waals surface area contributed by atoms with Crippen LogP contribution >= 0.6 is 0 Å². The fourth-order valence-electron chi connectivity index (χ4n) is 2.08. The van der Waals surface area contributed by atoms with Gasteiger partial charge in [-0.15, -0.1) is 0 Å². The molecule has 1 aromatic carbocycles. The molecule has 0 heterocycles. The van der Waals surface area contributed by atoms with Crippen LogP contribution in [0.3, 0.4) is 0 Å². The highest BCUT2D eigenvalue weighted by atomic mass is 19.1. The average molecular weight is 291 g/mol. The van der Waals surface area contributed by atoms with E-state index in [1.54, 1.807) is 17.0 Å². The van der Waals surface area contributed by atoms with Crippen LogP contribution in [0.15, 0.2) is 35.4 Å². The molecule has 4 nitrogen and oxygen atoms in total. The Balaban J connectivity index is 2.19. The summed E-state index contributed by atoms with van der Waals surface area (Å²) in [6.45, 7) is 3.33. The van der Waals surface area contributed by atoms with E-state index in [0.29, 0.717) is 6.54 Å². The van der Waals surface area contributed by atoms with Crippen molar-refractivity contribution in [2.45, 2.75) is 39.3 Å². The molecule has 1 aromatic rings. The van der Waals surface area contributed by atoms with Gasteiger partial charge < -0.3 is 10.0 Å². The molecule has 0 radical (unpaired) electrons. The Labute approximate surface area is 122 Å². The maximum Gasteiger partial charge on any atom is 0.331 e. The van der Waals surface area contributed by atoms with Crippen LogP contribution in [0, 0.1) is 5.82 Å². The average Bonchev–Trinajstić information content (AvgIpc) is 3.28. The number of carbonyl (C=O) groups excluding carboxylic acids is 1. The monoisotopic (exact) mass is 291 g/mol. The minimum absolute atomic E-state index is 0.0600. The number of halogens is 1. The van der Waals surface area contributed by atoms with Crippen LogP contribution in [0.5, 0.6) is 0 Å². The van der Waals surface area contributed by atoms with E-state index < -0.39 is 5.97 Å². The number of aliphatic carboxylic acids is 1. The molecule has 0 bridgehead atoms. The van der Waals surface area contributed by atoms with Crippen molar-refractivity contribution in [3.8, 4) is 0 Å². The van der Waals surface area contributed by atoms with Gasteiger partial charge in [-0.3, -0.25) is 4.79 Å². The molecule has 112 valence electrons. The zero-order valence-electron chi connectivity index (χ0n) is 12.1. The summed E-state index contributed by atoms with van der Waals surface area (Å²) in [4.78, 5) is 25.1. The Morgan fingerprint density at radius 3 is 2.24 bits per heavy atom. The van der Waals surface area contributed by atoms with Gasteiger partial charge in [0.25, 0.3) is 5.91 Å². The number of benzene rings is 1. The fraction of sp³-hybridized carbons (Fsp3) is 0.375. The van der Waals surface area contributed by atoms with Gasteiger partial charge in [0.15, 0.2) is 0 Å². The second-order valence-corrected chi connectivity index (χ2v) is 5.35. The molecule has 0 aromatic heterocycles. The summed E-state index contributed by atoms with van der Waals surface area (Å²) in [5.41, 5.74) is 1.14.